The number of nitro groups is 1. The van der Waals surface area contributed by atoms with E-state index in [2.05, 4.69) is 5.10 Å². The lowest BCUT2D eigenvalue weighted by atomic mass is 10.1. The number of anilines is 1. The van der Waals surface area contributed by atoms with Gasteiger partial charge in [-0.2, -0.15) is 10.1 Å². The van der Waals surface area contributed by atoms with Crippen LogP contribution in [0, 0.1) is 17.0 Å². The van der Waals surface area contributed by atoms with Gasteiger partial charge in [0.1, 0.15) is 11.5 Å². The molecule has 2 heterocycles. The first-order valence-corrected chi connectivity index (χ1v) is 9.44. The van der Waals surface area contributed by atoms with Crippen LogP contribution in [0.1, 0.15) is 18.2 Å². The predicted octanol–water partition coefficient (Wildman–Crippen LogP) is 5.62. The lowest BCUT2D eigenvalue weighted by Gasteiger charge is -2.12. The average Bonchev–Trinajstić information content (AvgIpc) is 3.28. The number of rotatable bonds is 4. The Kier molecular flexibility index (Phi) is 4.97. The first kappa shape index (κ1) is 19.6. The molecule has 0 bridgehead atoms. The minimum Gasteiger partial charge on any atom is -0.456 e. The maximum Gasteiger partial charge on any atom is 0.280 e. The van der Waals surface area contributed by atoms with Crippen LogP contribution in [0.15, 0.2) is 69.7 Å². The van der Waals surface area contributed by atoms with Gasteiger partial charge in [0.25, 0.3) is 11.6 Å². The van der Waals surface area contributed by atoms with Crippen molar-refractivity contribution in [1.82, 2.24) is 0 Å². The van der Waals surface area contributed by atoms with Gasteiger partial charge in [-0.15, -0.1) is 0 Å². The number of aryl methyl sites for hydroxylation is 1. The number of carbonyl (C=O) groups excluding carboxylic acids is 1. The number of nitro benzene ring substituents is 1. The third kappa shape index (κ3) is 3.51. The van der Waals surface area contributed by atoms with Crippen molar-refractivity contribution in [3.8, 4) is 11.3 Å². The Labute approximate surface area is 177 Å². The Morgan fingerprint density at radius 1 is 1.13 bits per heavy atom. The van der Waals surface area contributed by atoms with Gasteiger partial charge in [0, 0.05) is 6.07 Å². The Balaban J connectivity index is 1.67. The number of hydrazone groups is 1. The molecule has 0 spiro atoms. The van der Waals surface area contributed by atoms with Crippen molar-refractivity contribution in [2.75, 3.05) is 5.01 Å². The number of furan rings is 1. The fraction of sp³-hybridized carbons (Fsp3) is 0.0909. The van der Waals surface area contributed by atoms with Crippen molar-refractivity contribution in [2.45, 2.75) is 13.8 Å². The molecule has 1 aliphatic rings. The monoisotopic (exact) mass is 421 g/mol. The summed E-state index contributed by atoms with van der Waals surface area (Å²) in [4.78, 5) is 23.8. The highest BCUT2D eigenvalue weighted by Crippen LogP contribution is 2.34. The van der Waals surface area contributed by atoms with Crippen molar-refractivity contribution >= 4 is 40.7 Å². The lowest BCUT2D eigenvalue weighted by molar-refractivity contribution is -0.384. The molecular weight excluding hydrogens is 406 g/mol. The molecular formula is C22H16ClN3O4. The van der Waals surface area contributed by atoms with Crippen LogP contribution in [-0.4, -0.2) is 16.5 Å². The molecule has 0 saturated heterocycles. The molecule has 0 fully saturated rings. The van der Waals surface area contributed by atoms with Crippen molar-refractivity contribution in [2.24, 2.45) is 5.10 Å². The number of carbonyl (C=O) groups is 1. The second-order valence-electron chi connectivity index (χ2n) is 6.79. The highest BCUT2D eigenvalue weighted by Gasteiger charge is 2.30. The van der Waals surface area contributed by atoms with Gasteiger partial charge in [-0.3, -0.25) is 14.9 Å². The van der Waals surface area contributed by atoms with E-state index < -0.39 is 4.92 Å². The molecule has 0 unspecified atom stereocenters. The smallest absolute Gasteiger partial charge is 0.280 e. The van der Waals surface area contributed by atoms with Crippen LogP contribution in [0.5, 0.6) is 0 Å². The van der Waals surface area contributed by atoms with Crippen molar-refractivity contribution in [1.29, 1.82) is 0 Å². The van der Waals surface area contributed by atoms with Gasteiger partial charge in [0.05, 0.1) is 32.5 Å². The second-order valence-corrected chi connectivity index (χ2v) is 7.20. The summed E-state index contributed by atoms with van der Waals surface area (Å²) in [6, 6.07) is 15.2. The predicted molar refractivity (Wildman–Crippen MR) is 116 cm³/mol. The molecule has 0 aliphatic carbocycles. The van der Waals surface area contributed by atoms with Gasteiger partial charge in [0.15, 0.2) is 0 Å². The fourth-order valence-corrected chi connectivity index (χ4v) is 3.41. The van der Waals surface area contributed by atoms with Gasteiger partial charge in [-0.1, -0.05) is 29.8 Å². The van der Waals surface area contributed by atoms with Crippen molar-refractivity contribution < 1.29 is 14.1 Å². The molecule has 2 aromatic carbocycles. The summed E-state index contributed by atoms with van der Waals surface area (Å²) in [5.41, 5.74) is 2.47. The van der Waals surface area contributed by atoms with E-state index in [1.54, 1.807) is 68.5 Å². The van der Waals surface area contributed by atoms with E-state index >= 15 is 0 Å². The first-order chi connectivity index (χ1) is 14.3. The van der Waals surface area contributed by atoms with Crippen molar-refractivity contribution in [3.63, 3.8) is 0 Å². The zero-order valence-electron chi connectivity index (χ0n) is 16.1. The number of amides is 1. The highest BCUT2D eigenvalue weighted by molar-refractivity contribution is 6.36. The van der Waals surface area contributed by atoms with E-state index in [-0.39, 0.29) is 11.6 Å². The van der Waals surface area contributed by atoms with E-state index in [0.717, 1.165) is 5.56 Å². The van der Waals surface area contributed by atoms with Gasteiger partial charge in [-0.05, 0) is 55.8 Å². The fourth-order valence-electron chi connectivity index (χ4n) is 3.19. The standard InChI is InChI=1S/C22H16ClN3O4/c1-13-7-9-16(20(11-13)26(28)29)21-10-8-15(30-21)12-17-14(2)24-25(22(17)27)19-6-4-3-5-18(19)23/h3-12H,1-2H3/b17-12-. The average molecular weight is 422 g/mol. The maximum atomic E-state index is 12.9. The van der Waals surface area contributed by atoms with Crippen LogP contribution < -0.4 is 5.01 Å². The molecule has 7 nitrogen and oxygen atoms in total. The van der Waals surface area contributed by atoms with E-state index in [0.29, 0.717) is 39.1 Å². The molecule has 1 aliphatic heterocycles. The summed E-state index contributed by atoms with van der Waals surface area (Å²) < 4.78 is 5.79. The molecule has 0 saturated carbocycles. The largest absolute Gasteiger partial charge is 0.456 e. The first-order valence-electron chi connectivity index (χ1n) is 9.06. The zero-order chi connectivity index (χ0) is 21.4. The molecule has 0 N–H and O–H groups in total. The Hall–Kier alpha value is -3.71. The van der Waals surface area contributed by atoms with E-state index in [1.165, 1.54) is 11.1 Å². The Bertz CT molecular complexity index is 1240. The molecule has 4 rings (SSSR count). The highest BCUT2D eigenvalue weighted by atomic mass is 35.5. The normalized spacial score (nSPS) is 15.0. The summed E-state index contributed by atoms with van der Waals surface area (Å²) in [6.45, 7) is 3.50. The van der Waals surface area contributed by atoms with Crippen LogP contribution >= 0.6 is 11.6 Å². The molecule has 8 heteroatoms. The Morgan fingerprint density at radius 2 is 1.90 bits per heavy atom. The molecule has 0 atom stereocenters. The van der Waals surface area contributed by atoms with Crippen LogP contribution in [0.3, 0.4) is 0 Å². The number of hydrogen-bond donors (Lipinski definition) is 0. The molecule has 0 radical (unpaired) electrons. The maximum absolute atomic E-state index is 12.9. The number of para-hydroxylation sites is 1. The lowest BCUT2D eigenvalue weighted by Crippen LogP contribution is -2.21. The summed E-state index contributed by atoms with van der Waals surface area (Å²) in [7, 11) is 0. The van der Waals surface area contributed by atoms with Crippen LogP contribution in [0.2, 0.25) is 5.02 Å². The second kappa shape index (κ2) is 7.61. The van der Waals surface area contributed by atoms with Gasteiger partial charge in [-0.25, -0.2) is 0 Å². The third-order valence-electron chi connectivity index (χ3n) is 4.67. The summed E-state index contributed by atoms with van der Waals surface area (Å²) >= 11 is 6.19. The SMILES string of the molecule is CC1=NN(c2ccccc2Cl)C(=O)/C1=C\c1ccc(-c2ccc(C)cc2[N+](=O)[O-])o1. The minimum atomic E-state index is -0.443. The zero-order valence-corrected chi connectivity index (χ0v) is 16.9. The summed E-state index contributed by atoms with van der Waals surface area (Å²) in [6.07, 6.45) is 1.57. The summed E-state index contributed by atoms with van der Waals surface area (Å²) in [5, 5.41) is 17.4. The van der Waals surface area contributed by atoms with Crippen LogP contribution in [-0.2, 0) is 4.79 Å². The topological polar surface area (TPSA) is 89.0 Å². The quantitative estimate of drug-likeness (QED) is 0.310. The number of halogens is 1. The van der Waals surface area contributed by atoms with Gasteiger partial charge >= 0.3 is 0 Å². The number of benzene rings is 2. The molecule has 3 aromatic rings. The third-order valence-corrected chi connectivity index (χ3v) is 4.99. The van der Waals surface area contributed by atoms with Crippen LogP contribution in [0.25, 0.3) is 17.4 Å². The van der Waals surface area contributed by atoms with Crippen LogP contribution in [0.4, 0.5) is 11.4 Å². The van der Waals surface area contributed by atoms with Gasteiger partial charge in [0.2, 0.25) is 0 Å². The van der Waals surface area contributed by atoms with Crippen molar-refractivity contribution in [3.05, 3.63) is 86.6 Å². The molecule has 1 aromatic heterocycles. The van der Waals surface area contributed by atoms with E-state index in [4.69, 9.17) is 16.0 Å². The summed E-state index contributed by atoms with van der Waals surface area (Å²) in [5.74, 6) is 0.398. The van der Waals surface area contributed by atoms with E-state index in [1.807, 2.05) is 0 Å². The van der Waals surface area contributed by atoms with Gasteiger partial charge < -0.3 is 4.42 Å². The molecule has 30 heavy (non-hydrogen) atoms. The van der Waals surface area contributed by atoms with E-state index in [9.17, 15) is 14.9 Å². The Morgan fingerprint density at radius 3 is 2.63 bits per heavy atom. The molecule has 150 valence electrons. The minimum absolute atomic E-state index is 0.0388. The number of hydrogen-bond acceptors (Lipinski definition) is 5. The molecule has 1 amide bonds. The number of nitrogens with zero attached hydrogens (tertiary/aromatic N) is 3.